The summed E-state index contributed by atoms with van der Waals surface area (Å²) in [5, 5.41) is 16.3. The molecule has 1 atom stereocenters. The Hall–Kier alpha value is -3.23. The van der Waals surface area contributed by atoms with Crippen LogP contribution in [-0.2, 0) is 9.53 Å². The number of fused-ring (bicyclic) bond motifs is 1. The van der Waals surface area contributed by atoms with Crippen LogP contribution in [0.1, 0.15) is 31.9 Å². The quantitative estimate of drug-likeness (QED) is 0.197. The minimum atomic E-state index is -0.845. The van der Waals surface area contributed by atoms with Crippen LogP contribution in [0.5, 0.6) is 5.75 Å². The molecule has 0 aliphatic rings. The third kappa shape index (κ3) is 5.93. The Morgan fingerprint density at radius 1 is 0.938 bits per heavy atom. The van der Waals surface area contributed by atoms with E-state index in [1.54, 1.807) is 51.1 Å². The van der Waals surface area contributed by atoms with E-state index in [1.165, 1.54) is 0 Å². The van der Waals surface area contributed by atoms with Gasteiger partial charge in [-0.3, -0.25) is 10.8 Å². The van der Waals surface area contributed by atoms with Gasteiger partial charge < -0.3 is 25.9 Å². The lowest BCUT2D eigenvalue weighted by Gasteiger charge is -2.18. The van der Waals surface area contributed by atoms with Crippen molar-refractivity contribution >= 4 is 53.4 Å². The molecule has 0 bridgehead atoms. The van der Waals surface area contributed by atoms with E-state index in [0.29, 0.717) is 22.4 Å². The Bertz CT molecular complexity index is 1140. The zero-order valence-electron chi connectivity index (χ0n) is 17.9. The van der Waals surface area contributed by atoms with E-state index in [9.17, 15) is 4.79 Å². The van der Waals surface area contributed by atoms with E-state index in [1.807, 2.05) is 12.1 Å². The van der Waals surface area contributed by atoms with E-state index in [0.717, 1.165) is 16.6 Å². The summed E-state index contributed by atoms with van der Waals surface area (Å²) in [6, 6.07) is 12.5. The largest absolute Gasteiger partial charge is 0.478 e. The highest BCUT2D eigenvalue weighted by Crippen LogP contribution is 2.33. The molecule has 2 aromatic carbocycles. The Labute approximate surface area is 198 Å². The molecule has 1 unspecified atom stereocenters. The number of rotatable bonds is 7. The summed E-state index contributed by atoms with van der Waals surface area (Å²) < 4.78 is 11.1. The van der Waals surface area contributed by atoms with Gasteiger partial charge >= 0.3 is 5.97 Å². The second-order valence-electron chi connectivity index (χ2n) is 7.27. The maximum atomic E-state index is 12.2. The molecule has 10 heteroatoms. The zero-order chi connectivity index (χ0) is 22.0. The van der Waals surface area contributed by atoms with Gasteiger partial charge in [0.25, 0.3) is 0 Å². The van der Waals surface area contributed by atoms with Gasteiger partial charge in [0.2, 0.25) is 0 Å². The number of carbonyl (C=O) groups excluding carboxylic acids is 1. The summed E-state index contributed by atoms with van der Waals surface area (Å²) in [5.41, 5.74) is 14.6. The second kappa shape index (κ2) is 10.9. The van der Waals surface area contributed by atoms with Gasteiger partial charge in [0.15, 0.2) is 6.10 Å². The number of amidine groups is 2. The van der Waals surface area contributed by atoms with Crippen molar-refractivity contribution in [3.63, 3.8) is 0 Å². The van der Waals surface area contributed by atoms with Crippen molar-refractivity contribution < 1.29 is 14.3 Å². The van der Waals surface area contributed by atoms with Crippen LogP contribution in [0.25, 0.3) is 22.2 Å². The third-order valence-electron chi connectivity index (χ3n) is 4.50. The van der Waals surface area contributed by atoms with Gasteiger partial charge in [-0.15, -0.1) is 24.8 Å². The summed E-state index contributed by atoms with van der Waals surface area (Å²) >= 11 is 0. The van der Waals surface area contributed by atoms with Crippen LogP contribution in [0.4, 0.5) is 0 Å². The van der Waals surface area contributed by atoms with E-state index in [-0.39, 0.29) is 42.6 Å². The van der Waals surface area contributed by atoms with Crippen LogP contribution in [-0.4, -0.2) is 34.8 Å². The number of H-pyrrole nitrogens is 1. The molecule has 0 amide bonds. The molecule has 0 fully saturated rings. The lowest BCUT2D eigenvalue weighted by Crippen LogP contribution is -2.28. The summed E-state index contributed by atoms with van der Waals surface area (Å²) in [5.74, 6) is -0.201. The number of nitrogens with one attached hydrogen (secondary N) is 3. The number of esters is 1. The first kappa shape index (κ1) is 26.8. The monoisotopic (exact) mass is 479 g/mol. The fourth-order valence-corrected chi connectivity index (χ4v) is 3.02. The first-order valence-corrected chi connectivity index (χ1v) is 9.49. The molecular formula is C22H27Cl2N5O3. The fraction of sp³-hybridized carbons (Fsp3) is 0.227. The lowest BCUT2D eigenvalue weighted by atomic mass is 10.1. The van der Waals surface area contributed by atoms with Crippen LogP contribution in [0.15, 0.2) is 42.5 Å². The lowest BCUT2D eigenvalue weighted by molar-refractivity contribution is -0.154. The highest BCUT2D eigenvalue weighted by atomic mass is 35.5. The molecular weight excluding hydrogens is 453 g/mol. The predicted octanol–water partition coefficient (Wildman–Crippen LogP) is 3.97. The van der Waals surface area contributed by atoms with Gasteiger partial charge in [0.05, 0.1) is 11.8 Å². The summed E-state index contributed by atoms with van der Waals surface area (Å²) in [7, 11) is 0. The van der Waals surface area contributed by atoms with Crippen LogP contribution < -0.4 is 16.2 Å². The number of hydrogen-bond donors (Lipinski definition) is 5. The van der Waals surface area contributed by atoms with Crippen LogP contribution in [0.2, 0.25) is 0 Å². The standard InChI is InChI=1S/C22H25N5O3.2ClH/c1-11(2)29-22(28)12(3)30-19-10-15(21(25)26)6-7-16(19)18-8-13-4-5-14(20(23)24)9-17(13)27-18;;/h4-12,27H,1-3H3,(H3,23,24)(H3,25,26);2*1H. The number of hydrogen-bond acceptors (Lipinski definition) is 5. The normalized spacial score (nSPS) is 11.2. The minimum Gasteiger partial charge on any atom is -0.478 e. The first-order chi connectivity index (χ1) is 14.2. The number of nitrogens with two attached hydrogens (primary N) is 2. The van der Waals surface area contributed by atoms with Crippen molar-refractivity contribution in [3.05, 3.63) is 53.6 Å². The second-order valence-corrected chi connectivity index (χ2v) is 7.27. The number of aromatic nitrogens is 1. The zero-order valence-corrected chi connectivity index (χ0v) is 19.5. The predicted molar refractivity (Wildman–Crippen MR) is 132 cm³/mol. The Balaban J connectivity index is 0.00000256. The number of benzene rings is 2. The average molecular weight is 480 g/mol. The molecule has 0 spiro atoms. The topological polar surface area (TPSA) is 151 Å². The summed E-state index contributed by atoms with van der Waals surface area (Å²) in [6.07, 6.45) is -1.10. The number of halogens is 2. The van der Waals surface area contributed by atoms with Crippen molar-refractivity contribution in [2.24, 2.45) is 11.5 Å². The van der Waals surface area contributed by atoms with Crippen molar-refractivity contribution in [1.29, 1.82) is 10.8 Å². The van der Waals surface area contributed by atoms with Crippen molar-refractivity contribution in [3.8, 4) is 17.0 Å². The first-order valence-electron chi connectivity index (χ1n) is 9.49. The molecule has 0 aliphatic carbocycles. The maximum absolute atomic E-state index is 12.2. The van der Waals surface area contributed by atoms with Crippen LogP contribution in [0.3, 0.4) is 0 Å². The van der Waals surface area contributed by atoms with Gasteiger partial charge in [0.1, 0.15) is 17.4 Å². The SMILES string of the molecule is CC(C)OC(=O)C(C)Oc1cc(C(=N)N)ccc1-c1cc2ccc(C(=N)N)cc2[nH]1.Cl.Cl. The van der Waals surface area contributed by atoms with E-state index >= 15 is 0 Å². The fourth-order valence-electron chi connectivity index (χ4n) is 3.02. The number of aromatic amines is 1. The molecule has 7 N–H and O–H groups in total. The molecule has 1 heterocycles. The van der Waals surface area contributed by atoms with Crippen molar-refractivity contribution in [2.45, 2.75) is 33.0 Å². The van der Waals surface area contributed by atoms with Gasteiger partial charge in [-0.1, -0.05) is 18.2 Å². The van der Waals surface area contributed by atoms with Gasteiger partial charge in [-0.05, 0) is 45.0 Å². The molecule has 0 saturated carbocycles. The number of nitrogen functional groups attached to an aromatic ring is 2. The molecule has 8 nitrogen and oxygen atoms in total. The molecule has 1 aromatic heterocycles. The van der Waals surface area contributed by atoms with E-state index in [2.05, 4.69) is 4.98 Å². The molecule has 0 saturated heterocycles. The van der Waals surface area contributed by atoms with E-state index < -0.39 is 12.1 Å². The van der Waals surface area contributed by atoms with Gasteiger partial charge in [-0.2, -0.15) is 0 Å². The molecule has 32 heavy (non-hydrogen) atoms. The molecule has 172 valence electrons. The maximum Gasteiger partial charge on any atom is 0.347 e. The molecule has 0 radical (unpaired) electrons. The van der Waals surface area contributed by atoms with Crippen molar-refractivity contribution in [1.82, 2.24) is 4.98 Å². The molecule has 3 aromatic rings. The van der Waals surface area contributed by atoms with Gasteiger partial charge in [-0.25, -0.2) is 4.79 Å². The van der Waals surface area contributed by atoms with Crippen molar-refractivity contribution in [2.75, 3.05) is 0 Å². The Morgan fingerprint density at radius 3 is 2.12 bits per heavy atom. The van der Waals surface area contributed by atoms with E-state index in [4.69, 9.17) is 31.8 Å². The number of carbonyl (C=O) groups is 1. The van der Waals surface area contributed by atoms with Crippen LogP contribution in [0, 0.1) is 10.8 Å². The minimum absolute atomic E-state index is 0. The Morgan fingerprint density at radius 2 is 1.53 bits per heavy atom. The summed E-state index contributed by atoms with van der Waals surface area (Å²) in [4.78, 5) is 15.5. The van der Waals surface area contributed by atoms with Gasteiger partial charge in [0, 0.05) is 27.6 Å². The highest BCUT2D eigenvalue weighted by molar-refractivity contribution is 6.00. The average Bonchev–Trinajstić information content (AvgIpc) is 3.10. The smallest absolute Gasteiger partial charge is 0.347 e. The molecule has 3 rings (SSSR count). The number of ether oxygens (including phenoxy) is 2. The summed E-state index contributed by atoms with van der Waals surface area (Å²) in [6.45, 7) is 5.15. The Kier molecular flexibility index (Phi) is 9.11. The highest BCUT2D eigenvalue weighted by Gasteiger charge is 2.21. The van der Waals surface area contributed by atoms with Crippen LogP contribution >= 0.6 is 24.8 Å². The third-order valence-corrected chi connectivity index (χ3v) is 4.50. The molecule has 0 aliphatic heterocycles.